The van der Waals surface area contributed by atoms with Crippen LogP contribution >= 0.6 is 0 Å². The van der Waals surface area contributed by atoms with Crippen LogP contribution in [0.4, 0.5) is 10.1 Å². The number of anilines is 1. The number of nitriles is 1. The van der Waals surface area contributed by atoms with Crippen LogP contribution < -0.4 is 9.64 Å². The third-order valence-electron chi connectivity index (χ3n) is 7.95. The second kappa shape index (κ2) is 14.0. The minimum absolute atomic E-state index is 0.182. The maximum atomic E-state index is 13.7. The van der Waals surface area contributed by atoms with Gasteiger partial charge in [-0.05, 0) is 95.2 Å². The lowest BCUT2D eigenvalue weighted by Gasteiger charge is -2.41. The largest absolute Gasteiger partial charge is 0.493 e. The van der Waals surface area contributed by atoms with Crippen LogP contribution in [0.15, 0.2) is 48.5 Å². The fourth-order valence-corrected chi connectivity index (χ4v) is 5.56. The molecule has 1 aromatic heterocycles. The Morgan fingerprint density at radius 3 is 2.24 bits per heavy atom. The molecule has 45 heavy (non-hydrogen) atoms. The molecule has 0 N–H and O–H groups in total. The number of esters is 1. The van der Waals surface area contributed by atoms with Crippen LogP contribution in [0, 0.1) is 29.5 Å². The van der Waals surface area contributed by atoms with Crippen molar-refractivity contribution in [1.29, 1.82) is 5.26 Å². The first-order valence-corrected chi connectivity index (χ1v) is 15.7. The van der Waals surface area contributed by atoms with Gasteiger partial charge >= 0.3 is 5.97 Å². The second-order valence-corrected chi connectivity index (χ2v) is 13.8. The molecule has 240 valence electrons. The molecule has 0 radical (unpaired) electrons. The van der Waals surface area contributed by atoms with Gasteiger partial charge in [-0.3, -0.25) is 0 Å². The molecule has 3 aromatic rings. The summed E-state index contributed by atoms with van der Waals surface area (Å²) in [7, 11) is 0. The van der Waals surface area contributed by atoms with E-state index in [0.29, 0.717) is 35.6 Å². The van der Waals surface area contributed by atoms with Crippen molar-refractivity contribution in [3.63, 3.8) is 0 Å². The Balaban J connectivity index is 1.79. The SMILES string of the molecule is Cc1nc(C#N)c(-c2ccc(OCCc3ccc(F)cc3)cc2)c(N2CCC(C)(C)CC2)c1[C@H](OC(C)(C)C)C(=O)OC(C)C. The summed E-state index contributed by atoms with van der Waals surface area (Å²) < 4.78 is 31.4. The second-order valence-electron chi connectivity index (χ2n) is 13.8. The van der Waals surface area contributed by atoms with E-state index in [-0.39, 0.29) is 23.0 Å². The highest BCUT2D eigenvalue weighted by Gasteiger charge is 2.38. The molecule has 0 unspecified atom stereocenters. The summed E-state index contributed by atoms with van der Waals surface area (Å²) in [6.45, 7) is 17.7. The van der Waals surface area contributed by atoms with Crippen molar-refractivity contribution in [1.82, 2.24) is 4.98 Å². The molecule has 0 bridgehead atoms. The molecule has 1 saturated heterocycles. The number of ether oxygens (including phenoxy) is 3. The minimum Gasteiger partial charge on any atom is -0.493 e. The highest BCUT2D eigenvalue weighted by atomic mass is 19.1. The van der Waals surface area contributed by atoms with Gasteiger partial charge in [0.05, 0.1) is 24.0 Å². The van der Waals surface area contributed by atoms with Gasteiger partial charge in [0.25, 0.3) is 0 Å². The van der Waals surface area contributed by atoms with Gasteiger partial charge in [-0.25, -0.2) is 14.2 Å². The molecule has 0 spiro atoms. The Morgan fingerprint density at radius 2 is 1.69 bits per heavy atom. The fraction of sp³-hybridized carbons (Fsp3) is 0.486. The van der Waals surface area contributed by atoms with Crippen molar-refractivity contribution in [2.75, 3.05) is 24.6 Å². The Labute approximate surface area is 267 Å². The van der Waals surface area contributed by atoms with Gasteiger partial charge in [0.15, 0.2) is 11.8 Å². The first-order valence-electron chi connectivity index (χ1n) is 15.7. The van der Waals surface area contributed by atoms with Crippen LogP contribution in [0.5, 0.6) is 5.75 Å². The van der Waals surface area contributed by atoms with Crippen molar-refractivity contribution < 1.29 is 23.4 Å². The Hall–Kier alpha value is -3.96. The average molecular weight is 616 g/mol. The number of carbonyl (C=O) groups excluding carboxylic acids is 1. The van der Waals surface area contributed by atoms with E-state index in [1.807, 2.05) is 65.8 Å². The van der Waals surface area contributed by atoms with E-state index in [1.165, 1.54) is 12.1 Å². The number of nitrogens with zero attached hydrogens (tertiary/aromatic N) is 3. The number of halogens is 1. The van der Waals surface area contributed by atoms with Crippen LogP contribution in [0.25, 0.3) is 11.1 Å². The van der Waals surface area contributed by atoms with E-state index in [1.54, 1.807) is 12.1 Å². The summed E-state index contributed by atoms with van der Waals surface area (Å²) in [6.07, 6.45) is 1.19. The zero-order chi connectivity index (χ0) is 32.9. The summed E-state index contributed by atoms with van der Waals surface area (Å²) in [5, 5.41) is 10.3. The lowest BCUT2D eigenvalue weighted by Crippen LogP contribution is -2.39. The van der Waals surface area contributed by atoms with E-state index in [9.17, 15) is 14.4 Å². The van der Waals surface area contributed by atoms with Crippen molar-refractivity contribution in [2.24, 2.45) is 5.41 Å². The zero-order valence-electron chi connectivity index (χ0n) is 27.9. The number of rotatable bonds is 10. The quantitative estimate of drug-likeness (QED) is 0.213. The van der Waals surface area contributed by atoms with Crippen LogP contribution in [0.2, 0.25) is 0 Å². The van der Waals surface area contributed by atoms with Gasteiger partial charge in [-0.1, -0.05) is 38.1 Å². The topological polar surface area (TPSA) is 84.7 Å². The maximum Gasteiger partial charge on any atom is 0.340 e. The smallest absolute Gasteiger partial charge is 0.340 e. The molecular weight excluding hydrogens is 569 g/mol. The lowest BCUT2D eigenvalue weighted by molar-refractivity contribution is -0.171. The number of aryl methyl sites for hydroxylation is 1. The van der Waals surface area contributed by atoms with Crippen LogP contribution in [-0.2, 0) is 20.7 Å². The number of hydrogen-bond donors (Lipinski definition) is 0. The number of aromatic nitrogens is 1. The summed E-state index contributed by atoms with van der Waals surface area (Å²) in [5.74, 6) is -0.0687. The predicted octanol–water partition coefficient (Wildman–Crippen LogP) is 8.12. The zero-order valence-corrected chi connectivity index (χ0v) is 27.9. The number of carbonyl (C=O) groups is 1. The van der Waals surface area contributed by atoms with E-state index in [4.69, 9.17) is 19.2 Å². The molecule has 8 heteroatoms. The molecule has 0 aliphatic carbocycles. The third kappa shape index (κ3) is 8.82. The highest BCUT2D eigenvalue weighted by molar-refractivity contribution is 5.89. The molecule has 4 rings (SSSR count). The van der Waals surface area contributed by atoms with E-state index < -0.39 is 17.7 Å². The highest BCUT2D eigenvalue weighted by Crippen LogP contribution is 2.45. The van der Waals surface area contributed by atoms with Crippen LogP contribution in [0.1, 0.15) is 89.9 Å². The predicted molar refractivity (Wildman–Crippen MR) is 175 cm³/mol. The van der Waals surface area contributed by atoms with Crippen LogP contribution in [-0.4, -0.2) is 42.4 Å². The van der Waals surface area contributed by atoms with Gasteiger partial charge < -0.3 is 19.1 Å². The molecule has 1 fully saturated rings. The Morgan fingerprint density at radius 1 is 1.07 bits per heavy atom. The summed E-state index contributed by atoms with van der Waals surface area (Å²) >= 11 is 0. The number of hydrogen-bond acceptors (Lipinski definition) is 7. The van der Waals surface area contributed by atoms with Gasteiger partial charge in [-0.15, -0.1) is 0 Å². The molecule has 0 saturated carbocycles. The standard InChI is InChI=1S/C37H46FN3O4/c1-24(2)44-35(42)34(45-36(4,5)6)31-25(3)40-30(23-39)32(33(31)41-20-18-37(7,8)19-21-41)27-11-15-29(16-12-27)43-22-17-26-9-13-28(38)14-10-26/h9-16,24,34H,17-22H2,1-8H3/t34-/m0/s1. The van der Waals surface area contributed by atoms with Gasteiger partial charge in [0, 0.05) is 36.3 Å². The van der Waals surface area contributed by atoms with Gasteiger partial charge in [0.2, 0.25) is 0 Å². The maximum absolute atomic E-state index is 13.7. The molecule has 2 aromatic carbocycles. The first kappa shape index (κ1) is 33.9. The Bertz CT molecular complexity index is 1510. The van der Waals surface area contributed by atoms with Crippen molar-refractivity contribution >= 4 is 11.7 Å². The normalized spacial score (nSPS) is 15.4. The monoisotopic (exact) mass is 615 g/mol. The van der Waals surface area contributed by atoms with E-state index >= 15 is 0 Å². The lowest BCUT2D eigenvalue weighted by atomic mass is 9.81. The van der Waals surface area contributed by atoms with Gasteiger partial charge in [0.1, 0.15) is 17.6 Å². The molecule has 1 aliphatic rings. The molecule has 1 atom stereocenters. The van der Waals surface area contributed by atoms with E-state index in [0.717, 1.165) is 42.7 Å². The molecular formula is C37H46FN3O4. The minimum atomic E-state index is -1.04. The van der Waals surface area contributed by atoms with Crippen molar-refractivity contribution in [3.8, 4) is 22.9 Å². The molecule has 7 nitrogen and oxygen atoms in total. The number of piperidine rings is 1. The fourth-order valence-electron chi connectivity index (χ4n) is 5.56. The summed E-state index contributed by atoms with van der Waals surface area (Å²) in [6, 6.07) is 16.3. The average Bonchev–Trinajstić information content (AvgIpc) is 2.96. The number of benzene rings is 2. The molecule has 2 heterocycles. The van der Waals surface area contributed by atoms with Crippen LogP contribution in [0.3, 0.4) is 0 Å². The number of pyridine rings is 1. The van der Waals surface area contributed by atoms with Gasteiger partial charge in [-0.2, -0.15) is 5.26 Å². The third-order valence-corrected chi connectivity index (χ3v) is 7.95. The summed E-state index contributed by atoms with van der Waals surface area (Å²) in [4.78, 5) is 20.7. The summed E-state index contributed by atoms with van der Waals surface area (Å²) in [5.41, 5.74) is 4.23. The first-order chi connectivity index (χ1) is 21.2. The molecule has 1 aliphatic heterocycles. The van der Waals surface area contributed by atoms with Crippen molar-refractivity contribution in [2.45, 2.75) is 92.5 Å². The van der Waals surface area contributed by atoms with E-state index in [2.05, 4.69) is 24.8 Å². The Kier molecular flexibility index (Phi) is 10.5. The van der Waals surface area contributed by atoms with Crippen molar-refractivity contribution in [3.05, 3.63) is 76.9 Å². The molecule has 0 amide bonds.